The number of hydrogen-bond donors (Lipinski definition) is 1. The van der Waals surface area contributed by atoms with E-state index in [0.717, 1.165) is 47.4 Å². The summed E-state index contributed by atoms with van der Waals surface area (Å²) in [5.74, 6) is 1.38. The molecule has 25 heavy (non-hydrogen) atoms. The molecule has 1 amide bonds. The van der Waals surface area contributed by atoms with Gasteiger partial charge in [0.2, 0.25) is 0 Å². The largest absolute Gasteiger partial charge is 0.383 e. The minimum Gasteiger partial charge on any atom is -0.383 e. The van der Waals surface area contributed by atoms with E-state index in [-0.39, 0.29) is 5.91 Å². The van der Waals surface area contributed by atoms with Crippen LogP contribution in [0.15, 0.2) is 6.20 Å². The third-order valence-corrected chi connectivity index (χ3v) is 5.85. The van der Waals surface area contributed by atoms with Gasteiger partial charge in [-0.3, -0.25) is 4.79 Å². The zero-order chi connectivity index (χ0) is 17.8. The van der Waals surface area contributed by atoms with E-state index in [9.17, 15) is 4.79 Å². The average molecular weight is 365 g/mol. The van der Waals surface area contributed by atoms with E-state index in [4.69, 9.17) is 16.3 Å². The van der Waals surface area contributed by atoms with Crippen molar-refractivity contribution in [1.29, 1.82) is 0 Å². The Morgan fingerprint density at radius 3 is 3.04 bits per heavy atom. The number of hydrogen-bond acceptors (Lipinski definition) is 2. The molecule has 0 aliphatic heterocycles. The van der Waals surface area contributed by atoms with Gasteiger partial charge in [0.05, 0.1) is 12.2 Å². The second-order valence-corrected chi connectivity index (χ2v) is 7.94. The first-order valence-electron chi connectivity index (χ1n) is 9.45. The molecule has 1 N–H and O–H groups in total. The summed E-state index contributed by atoms with van der Waals surface area (Å²) in [7, 11) is 1.69. The molecule has 138 valence electrons. The molecule has 2 aliphatic carbocycles. The minimum absolute atomic E-state index is 0.000839. The lowest BCUT2D eigenvalue weighted by molar-refractivity contribution is 0.0939. The molecular weight excluding hydrogens is 336 g/mol. The second-order valence-electron chi connectivity index (χ2n) is 7.48. The van der Waals surface area contributed by atoms with Crippen LogP contribution in [0.1, 0.15) is 55.8 Å². The molecule has 3 rings (SSSR count). The maximum atomic E-state index is 12.8. The lowest BCUT2D eigenvalue weighted by Gasteiger charge is -2.26. The average Bonchev–Trinajstić information content (AvgIpc) is 2.98. The molecule has 0 saturated heterocycles. The molecule has 2 atom stereocenters. The van der Waals surface area contributed by atoms with Gasteiger partial charge in [-0.25, -0.2) is 0 Å². The highest BCUT2D eigenvalue weighted by Gasteiger charge is 2.21. The molecule has 1 heterocycles. The van der Waals surface area contributed by atoms with Gasteiger partial charge < -0.3 is 14.6 Å². The van der Waals surface area contributed by atoms with Gasteiger partial charge in [-0.05, 0) is 37.5 Å². The fourth-order valence-electron chi connectivity index (χ4n) is 4.16. The van der Waals surface area contributed by atoms with Gasteiger partial charge >= 0.3 is 0 Å². The first kappa shape index (κ1) is 18.5. The highest BCUT2D eigenvalue weighted by atomic mass is 35.5. The van der Waals surface area contributed by atoms with Crippen LogP contribution in [0, 0.1) is 11.8 Å². The van der Waals surface area contributed by atoms with Crippen LogP contribution >= 0.6 is 11.6 Å². The monoisotopic (exact) mass is 364 g/mol. The van der Waals surface area contributed by atoms with Crippen molar-refractivity contribution in [3.8, 4) is 0 Å². The van der Waals surface area contributed by atoms with Gasteiger partial charge in [0, 0.05) is 42.0 Å². The van der Waals surface area contributed by atoms with E-state index in [0.29, 0.717) is 18.1 Å². The number of ether oxygens (including phenoxy) is 1. The van der Waals surface area contributed by atoms with Crippen molar-refractivity contribution in [1.82, 2.24) is 9.88 Å². The van der Waals surface area contributed by atoms with Crippen LogP contribution in [0.4, 0.5) is 0 Å². The zero-order valence-corrected chi connectivity index (χ0v) is 16.1. The molecule has 1 fully saturated rings. The molecule has 0 spiro atoms. The van der Waals surface area contributed by atoms with Gasteiger partial charge in [0.1, 0.15) is 0 Å². The first-order chi connectivity index (χ1) is 12.1. The molecule has 0 aromatic carbocycles. The number of rotatable bonds is 6. The molecule has 5 heteroatoms. The predicted octanol–water partition coefficient (Wildman–Crippen LogP) is 2.61. The summed E-state index contributed by atoms with van der Waals surface area (Å²) in [5, 5.41) is 5.93. The summed E-state index contributed by atoms with van der Waals surface area (Å²) in [6, 6.07) is 0. The Balaban J connectivity index is 1.78. The van der Waals surface area contributed by atoms with E-state index < -0.39 is 0 Å². The van der Waals surface area contributed by atoms with E-state index >= 15 is 0 Å². The molecule has 2 unspecified atom stereocenters. The maximum absolute atomic E-state index is 12.8. The van der Waals surface area contributed by atoms with Crippen molar-refractivity contribution in [3.05, 3.63) is 22.3 Å². The van der Waals surface area contributed by atoms with Crippen molar-refractivity contribution in [2.75, 3.05) is 20.3 Å². The van der Waals surface area contributed by atoms with Crippen molar-refractivity contribution >= 4 is 28.6 Å². The zero-order valence-electron chi connectivity index (χ0n) is 15.3. The highest BCUT2D eigenvalue weighted by molar-refractivity contribution is 6.45. The number of nitrogens with one attached hydrogen (secondary N) is 1. The highest BCUT2D eigenvalue weighted by Crippen LogP contribution is 2.27. The molecule has 0 radical (unpaired) electrons. The molecule has 2 aliphatic rings. The van der Waals surface area contributed by atoms with Crippen LogP contribution in [-0.2, 0) is 11.3 Å². The molecule has 1 aromatic heterocycles. The van der Waals surface area contributed by atoms with Crippen LogP contribution in [-0.4, -0.2) is 30.7 Å². The number of amides is 1. The molecule has 4 nitrogen and oxygen atoms in total. The summed E-state index contributed by atoms with van der Waals surface area (Å²) in [6.45, 7) is 4.42. The van der Waals surface area contributed by atoms with Crippen LogP contribution in [0.2, 0.25) is 0 Å². The molecular formula is C20H29ClN2O2. The maximum Gasteiger partial charge on any atom is 0.253 e. The molecule has 0 bridgehead atoms. The standard InChI is InChI=1S/C20H29ClN2O2/c1-14-5-3-6-15(11-14)12-22-20(24)16-13-23(9-10-25-2)18-8-4-7-17(21)19(16)18/h8,13-15H,3-7,9-12H2,1-2H3,(H,22,24). The van der Waals surface area contributed by atoms with Crippen molar-refractivity contribution < 1.29 is 9.53 Å². The van der Waals surface area contributed by atoms with Crippen LogP contribution in [0.5, 0.6) is 0 Å². The Bertz CT molecular complexity index is 738. The summed E-state index contributed by atoms with van der Waals surface area (Å²) in [6.07, 6.45) is 10.9. The summed E-state index contributed by atoms with van der Waals surface area (Å²) in [4.78, 5) is 12.8. The Hall–Kier alpha value is -1.26. The summed E-state index contributed by atoms with van der Waals surface area (Å²) < 4.78 is 7.29. The fraction of sp³-hybridized carbons (Fsp3) is 0.650. The summed E-state index contributed by atoms with van der Waals surface area (Å²) in [5.41, 5.74) is 0.705. The number of carbonyl (C=O) groups is 1. The number of fused-ring (bicyclic) bond motifs is 1. The molecule has 1 saturated carbocycles. The normalized spacial score (nSPS) is 23.1. The number of methoxy groups -OCH3 is 1. The van der Waals surface area contributed by atoms with Crippen molar-refractivity contribution in [2.24, 2.45) is 11.8 Å². The number of nitrogens with zero attached hydrogens (tertiary/aromatic N) is 1. The third kappa shape index (κ3) is 4.29. The lowest BCUT2D eigenvalue weighted by atomic mass is 9.82. The fourth-order valence-corrected chi connectivity index (χ4v) is 4.47. The topological polar surface area (TPSA) is 43.3 Å². The smallest absolute Gasteiger partial charge is 0.253 e. The number of halogens is 1. The Morgan fingerprint density at radius 1 is 1.44 bits per heavy atom. The van der Waals surface area contributed by atoms with Crippen molar-refractivity contribution in [3.63, 3.8) is 0 Å². The quantitative estimate of drug-likeness (QED) is 0.843. The lowest BCUT2D eigenvalue weighted by Crippen LogP contribution is -2.38. The van der Waals surface area contributed by atoms with Gasteiger partial charge in [-0.1, -0.05) is 37.4 Å². The molecule has 1 aromatic rings. The van der Waals surface area contributed by atoms with Gasteiger partial charge in [-0.2, -0.15) is 0 Å². The van der Waals surface area contributed by atoms with Crippen LogP contribution in [0.3, 0.4) is 0 Å². The van der Waals surface area contributed by atoms with E-state index in [1.165, 1.54) is 25.7 Å². The van der Waals surface area contributed by atoms with Gasteiger partial charge in [0.25, 0.3) is 5.91 Å². The second kappa shape index (κ2) is 8.41. The third-order valence-electron chi connectivity index (χ3n) is 5.47. The summed E-state index contributed by atoms with van der Waals surface area (Å²) >= 11 is 6.48. The SMILES string of the molecule is COCCn1cc(C(=O)NCC2CCCC(C)C2)c2c1=CCCC=2Cl. The van der Waals surface area contributed by atoms with Gasteiger partial charge in [-0.15, -0.1) is 0 Å². The predicted molar refractivity (Wildman–Crippen MR) is 102 cm³/mol. The van der Waals surface area contributed by atoms with E-state index in [2.05, 4.69) is 22.9 Å². The van der Waals surface area contributed by atoms with Gasteiger partial charge in [0.15, 0.2) is 0 Å². The first-order valence-corrected chi connectivity index (χ1v) is 9.83. The Kier molecular flexibility index (Phi) is 6.24. The Labute approximate surface area is 154 Å². The number of carbonyl (C=O) groups excluding carboxylic acids is 1. The Morgan fingerprint density at radius 2 is 2.28 bits per heavy atom. The van der Waals surface area contributed by atoms with E-state index in [1.807, 2.05) is 6.20 Å². The number of aromatic nitrogens is 1. The van der Waals surface area contributed by atoms with Crippen LogP contribution < -0.4 is 15.9 Å². The van der Waals surface area contributed by atoms with Crippen molar-refractivity contribution in [2.45, 2.75) is 52.0 Å². The van der Waals surface area contributed by atoms with Crippen LogP contribution in [0.25, 0.3) is 11.1 Å². The minimum atomic E-state index is -0.000839. The van der Waals surface area contributed by atoms with E-state index in [1.54, 1.807) is 7.11 Å².